The smallest absolute Gasteiger partial charge is 0.243 e. The van der Waals surface area contributed by atoms with Crippen LogP contribution in [0, 0.1) is 0 Å². The molecule has 0 radical (unpaired) electrons. The maximum Gasteiger partial charge on any atom is 0.243 e. The number of thiazole rings is 1. The van der Waals surface area contributed by atoms with E-state index in [2.05, 4.69) is 0 Å². The number of fused-ring (bicyclic) bond motifs is 2. The highest BCUT2D eigenvalue weighted by molar-refractivity contribution is 7.89. The van der Waals surface area contributed by atoms with Crippen molar-refractivity contribution in [1.82, 2.24) is 13.7 Å². The van der Waals surface area contributed by atoms with Gasteiger partial charge in [0.05, 0.1) is 30.9 Å². The summed E-state index contributed by atoms with van der Waals surface area (Å²) in [5.74, 6) is 1.42. The van der Waals surface area contributed by atoms with E-state index in [1.165, 1.54) is 11.3 Å². The largest absolute Gasteiger partial charge is 0.497 e. The first-order valence-electron chi connectivity index (χ1n) is 13.2. The zero-order chi connectivity index (χ0) is 27.7. The molecule has 0 spiro atoms. The number of hydrogen-bond donors (Lipinski definition) is 0. The molecule has 10 heteroatoms. The van der Waals surface area contributed by atoms with Crippen molar-refractivity contribution in [3.8, 4) is 22.8 Å². The van der Waals surface area contributed by atoms with Gasteiger partial charge in [0, 0.05) is 49.0 Å². The van der Waals surface area contributed by atoms with Crippen molar-refractivity contribution >= 4 is 37.1 Å². The fourth-order valence-corrected chi connectivity index (χ4v) is 7.61. The summed E-state index contributed by atoms with van der Waals surface area (Å²) < 4.78 is 48.3. The van der Waals surface area contributed by atoms with E-state index in [9.17, 15) is 8.42 Å². The normalized spacial score (nSPS) is 15.8. The van der Waals surface area contributed by atoms with Gasteiger partial charge in [0.1, 0.15) is 11.5 Å². The average molecular weight is 578 g/mol. The fraction of sp³-hybridized carbons (Fsp3) is 0.300. The molecule has 1 fully saturated rings. The molecule has 1 unspecified atom stereocenters. The Hall–Kier alpha value is -3.44. The third-order valence-electron chi connectivity index (χ3n) is 7.37. The van der Waals surface area contributed by atoms with Gasteiger partial charge >= 0.3 is 0 Å². The number of hydrogen-bond acceptors (Lipinski definition) is 7. The zero-order valence-corrected chi connectivity index (χ0v) is 24.1. The van der Waals surface area contributed by atoms with Crippen LogP contribution in [0.3, 0.4) is 0 Å². The summed E-state index contributed by atoms with van der Waals surface area (Å²) in [5.41, 5.74) is 2.60. The van der Waals surface area contributed by atoms with E-state index >= 15 is 0 Å². The minimum absolute atomic E-state index is 0.0990. The summed E-state index contributed by atoms with van der Waals surface area (Å²) in [5, 5.41) is 3.96. The number of sulfonamides is 1. The predicted molar refractivity (Wildman–Crippen MR) is 157 cm³/mol. The molecule has 5 aromatic rings. The van der Waals surface area contributed by atoms with Gasteiger partial charge in [-0.15, -0.1) is 11.3 Å². The molecule has 40 heavy (non-hydrogen) atoms. The Morgan fingerprint density at radius 2 is 1.93 bits per heavy atom. The van der Waals surface area contributed by atoms with Crippen LogP contribution in [0.4, 0.5) is 0 Å². The molecule has 8 nitrogen and oxygen atoms in total. The molecule has 1 atom stereocenters. The van der Waals surface area contributed by atoms with Crippen molar-refractivity contribution < 1.29 is 22.6 Å². The molecule has 6 rings (SSSR count). The molecule has 1 saturated heterocycles. The molecule has 3 aromatic carbocycles. The lowest BCUT2D eigenvalue weighted by atomic mass is 10.1. The fourth-order valence-electron chi connectivity index (χ4n) is 5.19. The standard InChI is InChI=1S/C30H31N3O5S2/c1-36-24-10-12-29(37-2)27(17-24)28-19-33-23(20-39-30(33)31-28)13-14-32(18-25-8-5-15-38-25)40(34,35)26-11-9-21-6-3-4-7-22(21)16-26/h3-4,6-7,9-12,16-17,19-20,25H,5,8,13-15,18H2,1-2H3. The average Bonchev–Trinajstić information content (AvgIpc) is 3.73. The van der Waals surface area contributed by atoms with Gasteiger partial charge in [0.15, 0.2) is 4.96 Å². The lowest BCUT2D eigenvalue weighted by Gasteiger charge is -2.25. The van der Waals surface area contributed by atoms with Crippen LogP contribution in [0.15, 0.2) is 77.1 Å². The zero-order valence-electron chi connectivity index (χ0n) is 22.4. The number of ether oxygens (including phenoxy) is 3. The summed E-state index contributed by atoms with van der Waals surface area (Å²) in [6.45, 7) is 1.33. The molecule has 0 amide bonds. The second-order valence-electron chi connectivity index (χ2n) is 9.83. The van der Waals surface area contributed by atoms with Crippen LogP contribution in [-0.4, -0.2) is 62.1 Å². The van der Waals surface area contributed by atoms with E-state index in [0.29, 0.717) is 36.8 Å². The molecule has 0 saturated carbocycles. The number of nitrogens with zero attached hydrogens (tertiary/aromatic N) is 3. The first-order chi connectivity index (χ1) is 19.5. The number of benzene rings is 3. The number of aromatic nitrogens is 2. The Morgan fingerprint density at radius 3 is 2.70 bits per heavy atom. The third kappa shape index (κ3) is 5.19. The Kier molecular flexibility index (Phi) is 7.50. The Morgan fingerprint density at radius 1 is 1.07 bits per heavy atom. The third-order valence-corrected chi connectivity index (χ3v) is 10.1. The van der Waals surface area contributed by atoms with E-state index < -0.39 is 10.0 Å². The van der Waals surface area contributed by atoms with Crippen molar-refractivity contribution in [1.29, 1.82) is 0 Å². The van der Waals surface area contributed by atoms with Gasteiger partial charge in [-0.2, -0.15) is 4.31 Å². The van der Waals surface area contributed by atoms with Crippen LogP contribution in [0.1, 0.15) is 18.5 Å². The van der Waals surface area contributed by atoms with Gasteiger partial charge < -0.3 is 14.2 Å². The van der Waals surface area contributed by atoms with Gasteiger partial charge in [-0.1, -0.05) is 30.3 Å². The monoisotopic (exact) mass is 577 g/mol. The molecule has 1 aliphatic rings. The number of imidazole rings is 1. The van der Waals surface area contributed by atoms with Crippen LogP contribution >= 0.6 is 11.3 Å². The number of rotatable bonds is 10. The Balaban J connectivity index is 1.29. The van der Waals surface area contributed by atoms with Gasteiger partial charge in [0.25, 0.3) is 0 Å². The van der Waals surface area contributed by atoms with E-state index in [0.717, 1.165) is 51.3 Å². The molecule has 0 N–H and O–H groups in total. The van der Waals surface area contributed by atoms with Crippen LogP contribution in [-0.2, 0) is 21.2 Å². The second-order valence-corrected chi connectivity index (χ2v) is 12.6. The minimum Gasteiger partial charge on any atom is -0.497 e. The molecule has 208 valence electrons. The summed E-state index contributed by atoms with van der Waals surface area (Å²) in [6, 6.07) is 18.8. The minimum atomic E-state index is -3.74. The van der Waals surface area contributed by atoms with Crippen molar-refractivity contribution in [2.24, 2.45) is 0 Å². The van der Waals surface area contributed by atoms with Crippen LogP contribution < -0.4 is 9.47 Å². The molecular weight excluding hydrogens is 546 g/mol. The van der Waals surface area contributed by atoms with Crippen LogP contribution in [0.25, 0.3) is 27.0 Å². The second kappa shape index (κ2) is 11.2. The molecule has 3 heterocycles. The number of methoxy groups -OCH3 is 2. The summed E-state index contributed by atoms with van der Waals surface area (Å²) >= 11 is 1.53. The SMILES string of the molecule is COc1ccc(OC)c(-c2cn3c(CCN(CC4CCCO4)S(=O)(=O)c4ccc5ccccc5c4)csc3n2)c1. The van der Waals surface area contributed by atoms with E-state index in [1.54, 1.807) is 30.7 Å². The van der Waals surface area contributed by atoms with E-state index in [4.69, 9.17) is 19.2 Å². The highest BCUT2D eigenvalue weighted by Crippen LogP contribution is 2.34. The van der Waals surface area contributed by atoms with Crippen molar-refractivity contribution in [3.63, 3.8) is 0 Å². The highest BCUT2D eigenvalue weighted by Gasteiger charge is 2.29. The molecular formula is C30H31N3O5S2. The molecule has 2 aromatic heterocycles. The molecule has 1 aliphatic heterocycles. The van der Waals surface area contributed by atoms with E-state index in [-0.39, 0.29) is 6.10 Å². The highest BCUT2D eigenvalue weighted by atomic mass is 32.2. The molecule has 0 aliphatic carbocycles. The summed E-state index contributed by atoms with van der Waals surface area (Å²) in [6.07, 6.45) is 4.22. The Labute approximate surface area is 237 Å². The Bertz CT molecular complexity index is 1760. The maximum atomic E-state index is 13.9. The van der Waals surface area contributed by atoms with Crippen molar-refractivity contribution in [3.05, 3.63) is 77.9 Å². The van der Waals surface area contributed by atoms with Gasteiger partial charge in [-0.05, 0) is 53.9 Å². The van der Waals surface area contributed by atoms with Gasteiger partial charge in [-0.3, -0.25) is 4.40 Å². The van der Waals surface area contributed by atoms with Crippen LogP contribution in [0.2, 0.25) is 0 Å². The summed E-state index contributed by atoms with van der Waals surface area (Å²) in [4.78, 5) is 5.95. The van der Waals surface area contributed by atoms with Crippen molar-refractivity contribution in [2.75, 3.05) is 33.9 Å². The lowest BCUT2D eigenvalue weighted by molar-refractivity contribution is 0.0939. The topological polar surface area (TPSA) is 82.4 Å². The van der Waals surface area contributed by atoms with E-state index in [1.807, 2.05) is 64.5 Å². The molecule has 0 bridgehead atoms. The first-order valence-corrected chi connectivity index (χ1v) is 15.6. The quantitative estimate of drug-likeness (QED) is 0.214. The predicted octanol–water partition coefficient (Wildman–Crippen LogP) is 5.65. The van der Waals surface area contributed by atoms with Crippen LogP contribution in [0.5, 0.6) is 11.5 Å². The maximum absolute atomic E-state index is 13.9. The summed E-state index contributed by atoms with van der Waals surface area (Å²) in [7, 11) is -0.478. The van der Waals surface area contributed by atoms with Crippen molar-refractivity contribution in [2.45, 2.75) is 30.3 Å². The lowest BCUT2D eigenvalue weighted by Crippen LogP contribution is -2.38. The first kappa shape index (κ1) is 26.8. The van der Waals surface area contributed by atoms with Gasteiger partial charge in [-0.25, -0.2) is 13.4 Å². The van der Waals surface area contributed by atoms with Gasteiger partial charge in [0.2, 0.25) is 10.0 Å².